The largest absolute Gasteiger partial charge is 0.342 e. The maximum atomic E-state index is 11.9. The summed E-state index contributed by atoms with van der Waals surface area (Å²) in [4.78, 5) is 23.4. The molecule has 0 aliphatic rings. The van der Waals surface area contributed by atoms with Gasteiger partial charge in [-0.1, -0.05) is 59.1 Å². The third-order valence-corrected chi connectivity index (χ3v) is 5.37. The molecule has 25 heavy (non-hydrogen) atoms. The molecule has 0 saturated carbocycles. The van der Waals surface area contributed by atoms with Gasteiger partial charge in [0.25, 0.3) is 0 Å². The summed E-state index contributed by atoms with van der Waals surface area (Å²) >= 11 is 18.5. The minimum absolute atomic E-state index is 0.0105. The average molecular weight is 391 g/mol. The number of nitrogens with zero attached hydrogens (tertiary/aromatic N) is 1. The highest BCUT2D eigenvalue weighted by molar-refractivity contribution is 6.36. The molecule has 0 N–H and O–H groups in total. The van der Waals surface area contributed by atoms with Crippen molar-refractivity contribution in [2.45, 2.75) is 6.54 Å². The maximum absolute atomic E-state index is 11.9. The van der Waals surface area contributed by atoms with Crippen molar-refractivity contribution in [3.63, 3.8) is 0 Å². The van der Waals surface area contributed by atoms with E-state index in [1.54, 1.807) is 18.2 Å². The third-order valence-electron chi connectivity index (χ3n) is 4.30. The van der Waals surface area contributed by atoms with E-state index >= 15 is 0 Å². The molecule has 124 valence electrons. The number of halogens is 3. The normalized spacial score (nSPS) is 11.5. The average Bonchev–Trinajstić information content (AvgIpc) is 2.96. The number of benzene rings is 2. The van der Waals surface area contributed by atoms with Crippen LogP contribution in [0.1, 0.15) is 5.56 Å². The molecular weight excluding hydrogens is 381 g/mol. The highest BCUT2D eigenvalue weighted by atomic mass is 35.5. The maximum Gasteiger partial charge on any atom is 0.245 e. The predicted octanol–water partition coefficient (Wildman–Crippen LogP) is 4.91. The Hall–Kier alpha value is -2.07. The topological polar surface area (TPSA) is 39.1 Å². The molecule has 0 unspecified atom stereocenters. The molecule has 0 aliphatic heterocycles. The standard InChI is InChI=1S/C19H10Cl3NO2/c20-13-5-3-6-14(21)12(13)9-23-8-11(10-4-1-2-7-15(10)23)16-17(22)19(25)18(16)24/h1-8H,9H2. The van der Waals surface area contributed by atoms with Gasteiger partial charge in [0, 0.05) is 38.3 Å². The first kappa shape index (κ1) is 16.4. The van der Waals surface area contributed by atoms with Gasteiger partial charge in [-0.3, -0.25) is 9.59 Å². The summed E-state index contributed by atoms with van der Waals surface area (Å²) < 4.78 is 1.95. The third kappa shape index (κ3) is 2.51. The zero-order valence-corrected chi connectivity index (χ0v) is 15.0. The molecule has 4 rings (SSSR count). The Morgan fingerprint density at radius 3 is 2.20 bits per heavy atom. The second-order valence-electron chi connectivity index (χ2n) is 5.74. The minimum atomic E-state index is -0.636. The smallest absolute Gasteiger partial charge is 0.245 e. The van der Waals surface area contributed by atoms with Crippen LogP contribution in [0.15, 0.2) is 58.3 Å². The molecule has 0 aliphatic carbocycles. The summed E-state index contributed by atoms with van der Waals surface area (Å²) in [5.74, 6) is 0. The molecule has 0 saturated heterocycles. The van der Waals surface area contributed by atoms with Crippen LogP contribution < -0.4 is 10.9 Å². The van der Waals surface area contributed by atoms with Crippen LogP contribution >= 0.6 is 34.8 Å². The molecule has 1 heterocycles. The Bertz CT molecular complexity index is 1180. The van der Waals surface area contributed by atoms with E-state index < -0.39 is 10.9 Å². The van der Waals surface area contributed by atoms with Crippen molar-refractivity contribution in [2.24, 2.45) is 0 Å². The van der Waals surface area contributed by atoms with Gasteiger partial charge in [-0.15, -0.1) is 0 Å². The molecule has 4 aromatic rings. The summed E-state index contributed by atoms with van der Waals surface area (Å²) in [5.41, 5.74) is 1.42. The van der Waals surface area contributed by atoms with Gasteiger partial charge in [-0.05, 0) is 18.2 Å². The fourth-order valence-corrected chi connectivity index (χ4v) is 3.83. The molecule has 1 aromatic heterocycles. The molecule has 3 aromatic carbocycles. The van der Waals surface area contributed by atoms with Gasteiger partial charge in [-0.2, -0.15) is 0 Å². The zero-order chi connectivity index (χ0) is 17.7. The lowest BCUT2D eigenvalue weighted by Gasteiger charge is -2.09. The molecule has 0 spiro atoms. The van der Waals surface area contributed by atoms with E-state index in [-0.39, 0.29) is 10.6 Å². The van der Waals surface area contributed by atoms with Crippen LogP contribution in [0, 0.1) is 0 Å². The number of hydrogen-bond acceptors (Lipinski definition) is 2. The van der Waals surface area contributed by atoms with Crippen LogP contribution in [-0.4, -0.2) is 4.57 Å². The monoisotopic (exact) mass is 389 g/mol. The Kier molecular flexibility index (Phi) is 3.95. The molecule has 0 bridgehead atoms. The SMILES string of the molecule is O=c1c(Cl)c(-c2cn(Cc3c(Cl)cccc3Cl)c3ccccc23)c1=O. The highest BCUT2D eigenvalue weighted by Crippen LogP contribution is 2.34. The fraction of sp³-hybridized carbons (Fsp3) is 0.0526. The summed E-state index contributed by atoms with van der Waals surface area (Å²) in [7, 11) is 0. The van der Waals surface area contributed by atoms with Crippen molar-refractivity contribution in [3.05, 3.63) is 89.7 Å². The van der Waals surface area contributed by atoms with Crippen molar-refractivity contribution >= 4 is 45.7 Å². The van der Waals surface area contributed by atoms with Crippen LogP contribution in [-0.2, 0) is 6.54 Å². The van der Waals surface area contributed by atoms with Crippen molar-refractivity contribution in [1.82, 2.24) is 4.57 Å². The Morgan fingerprint density at radius 2 is 1.52 bits per heavy atom. The fourth-order valence-electron chi connectivity index (χ4n) is 3.03. The summed E-state index contributed by atoms with van der Waals surface area (Å²) in [6.07, 6.45) is 1.81. The number of para-hydroxylation sites is 1. The number of hydrogen-bond donors (Lipinski definition) is 0. The van der Waals surface area contributed by atoms with Gasteiger partial charge >= 0.3 is 0 Å². The van der Waals surface area contributed by atoms with Gasteiger partial charge < -0.3 is 4.57 Å². The lowest BCUT2D eigenvalue weighted by atomic mass is 10.0. The Balaban J connectivity index is 1.92. The van der Waals surface area contributed by atoms with E-state index in [1.165, 1.54) is 0 Å². The van der Waals surface area contributed by atoms with Crippen molar-refractivity contribution < 1.29 is 0 Å². The van der Waals surface area contributed by atoms with Crippen molar-refractivity contribution in [1.29, 1.82) is 0 Å². The van der Waals surface area contributed by atoms with Crippen molar-refractivity contribution in [2.75, 3.05) is 0 Å². The molecule has 0 radical (unpaired) electrons. The highest BCUT2D eigenvalue weighted by Gasteiger charge is 2.24. The quantitative estimate of drug-likeness (QED) is 0.466. The van der Waals surface area contributed by atoms with Crippen LogP contribution in [0.3, 0.4) is 0 Å². The Labute approximate surface area is 157 Å². The minimum Gasteiger partial charge on any atom is -0.342 e. The lowest BCUT2D eigenvalue weighted by molar-refractivity contribution is 0.838. The first-order chi connectivity index (χ1) is 12.0. The van der Waals surface area contributed by atoms with Gasteiger partial charge in [-0.25, -0.2) is 0 Å². The van der Waals surface area contributed by atoms with E-state index in [1.807, 2.05) is 35.0 Å². The van der Waals surface area contributed by atoms with E-state index in [2.05, 4.69) is 0 Å². The van der Waals surface area contributed by atoms with Crippen LogP contribution in [0.5, 0.6) is 0 Å². The first-order valence-corrected chi connectivity index (χ1v) is 8.62. The van der Waals surface area contributed by atoms with E-state index in [0.29, 0.717) is 22.2 Å². The Morgan fingerprint density at radius 1 is 0.840 bits per heavy atom. The second-order valence-corrected chi connectivity index (χ2v) is 6.93. The molecule has 0 fully saturated rings. The van der Waals surface area contributed by atoms with E-state index in [0.717, 1.165) is 16.5 Å². The number of rotatable bonds is 3. The number of fused-ring (bicyclic) bond motifs is 1. The molecule has 0 atom stereocenters. The van der Waals surface area contributed by atoms with Gasteiger partial charge in [0.15, 0.2) is 0 Å². The summed E-state index contributed by atoms with van der Waals surface area (Å²) in [6.45, 7) is 0.437. The molecule has 6 heteroatoms. The predicted molar refractivity (Wildman–Crippen MR) is 103 cm³/mol. The lowest BCUT2D eigenvalue weighted by Crippen LogP contribution is -2.33. The van der Waals surface area contributed by atoms with E-state index in [4.69, 9.17) is 34.8 Å². The van der Waals surface area contributed by atoms with Crippen LogP contribution in [0.2, 0.25) is 15.1 Å². The summed E-state index contributed by atoms with van der Waals surface area (Å²) in [5, 5.41) is 1.97. The van der Waals surface area contributed by atoms with E-state index in [9.17, 15) is 9.59 Å². The zero-order valence-electron chi connectivity index (χ0n) is 12.7. The van der Waals surface area contributed by atoms with Gasteiger partial charge in [0.1, 0.15) is 5.02 Å². The molecule has 3 nitrogen and oxygen atoms in total. The summed E-state index contributed by atoms with van der Waals surface area (Å²) in [6, 6.07) is 13.0. The van der Waals surface area contributed by atoms with Crippen molar-refractivity contribution in [3.8, 4) is 11.1 Å². The molecular formula is C19H10Cl3NO2. The molecule has 0 amide bonds. The second kappa shape index (κ2) is 6.03. The van der Waals surface area contributed by atoms with Crippen LogP contribution in [0.4, 0.5) is 0 Å². The van der Waals surface area contributed by atoms with Gasteiger partial charge in [0.2, 0.25) is 10.9 Å². The number of aromatic nitrogens is 1. The first-order valence-electron chi connectivity index (χ1n) is 7.49. The van der Waals surface area contributed by atoms with Gasteiger partial charge in [0.05, 0.1) is 12.1 Å². The van der Waals surface area contributed by atoms with Crippen LogP contribution in [0.25, 0.3) is 22.0 Å².